The van der Waals surface area contributed by atoms with Crippen molar-refractivity contribution in [2.24, 2.45) is 0 Å². The molecule has 6 nitrogen and oxygen atoms in total. The molecule has 0 amide bonds. The third kappa shape index (κ3) is 4.80. The van der Waals surface area contributed by atoms with Crippen LogP contribution in [0.4, 0.5) is 0 Å². The Labute approximate surface area is 204 Å². The fraction of sp³-hybridized carbons (Fsp3) is 0.308. The van der Waals surface area contributed by atoms with Crippen molar-refractivity contribution in [1.82, 2.24) is 9.97 Å². The average molecular weight is 479 g/mol. The number of nitrogens with zero attached hydrogens (tertiary/aromatic N) is 2. The highest BCUT2D eigenvalue weighted by atomic mass is 35.5. The summed E-state index contributed by atoms with van der Waals surface area (Å²) in [6, 6.07) is 15.0. The number of aromatic nitrogens is 2. The standard InChI is InChI=1S/C16H20BNO3.C10H8ClNO/c1-15(2)16(3,4)21-17(20-15)13-7-8-18-14-9-11(10-19)5-6-12(13)14;11-9-3-4-12-10-5-7(6-13)1-2-8(9)10/h5-9,19H,10H2,1-4H3;1-5,13H,6H2. The molecule has 34 heavy (non-hydrogen) atoms. The van der Waals surface area contributed by atoms with Crippen LogP contribution in [0.3, 0.4) is 0 Å². The lowest BCUT2D eigenvalue weighted by atomic mass is 9.77. The largest absolute Gasteiger partial charge is 0.495 e. The third-order valence-electron chi connectivity index (χ3n) is 6.47. The molecule has 0 atom stereocenters. The molecule has 0 aliphatic carbocycles. The molecule has 4 aromatic rings. The first-order chi connectivity index (χ1) is 16.1. The molecule has 0 spiro atoms. The molecule has 1 saturated heterocycles. The summed E-state index contributed by atoms with van der Waals surface area (Å²) in [6.07, 6.45) is 3.41. The fourth-order valence-electron chi connectivity index (χ4n) is 3.75. The summed E-state index contributed by atoms with van der Waals surface area (Å²) in [6.45, 7) is 8.21. The number of aliphatic hydroxyl groups excluding tert-OH is 2. The van der Waals surface area contributed by atoms with Gasteiger partial charge in [0.15, 0.2) is 0 Å². The molecule has 2 aromatic carbocycles. The maximum Gasteiger partial charge on any atom is 0.495 e. The van der Waals surface area contributed by atoms with Crippen LogP contribution in [0.15, 0.2) is 60.9 Å². The van der Waals surface area contributed by atoms with Gasteiger partial charge in [0.05, 0.1) is 40.5 Å². The third-order valence-corrected chi connectivity index (χ3v) is 6.80. The minimum absolute atomic E-state index is 0.0122. The van der Waals surface area contributed by atoms with Crippen molar-refractivity contribution < 1.29 is 19.5 Å². The molecule has 0 unspecified atom stereocenters. The Morgan fingerprint density at radius 2 is 1.26 bits per heavy atom. The lowest BCUT2D eigenvalue weighted by Gasteiger charge is -2.32. The zero-order valence-electron chi connectivity index (χ0n) is 19.7. The summed E-state index contributed by atoms with van der Waals surface area (Å²) in [5, 5.41) is 20.7. The van der Waals surface area contributed by atoms with Gasteiger partial charge in [-0.05, 0) is 73.9 Å². The first kappa shape index (κ1) is 24.6. The molecular formula is C26H28BClN2O4. The van der Waals surface area contributed by atoms with Gasteiger partial charge in [-0.15, -0.1) is 0 Å². The van der Waals surface area contributed by atoms with E-state index in [2.05, 4.69) is 9.97 Å². The second kappa shape index (κ2) is 9.60. The van der Waals surface area contributed by atoms with Gasteiger partial charge in [0, 0.05) is 17.8 Å². The second-order valence-corrected chi connectivity index (χ2v) is 9.71. The summed E-state index contributed by atoms with van der Waals surface area (Å²) in [5.74, 6) is 0. The molecule has 2 aromatic heterocycles. The van der Waals surface area contributed by atoms with Crippen molar-refractivity contribution in [3.63, 3.8) is 0 Å². The van der Waals surface area contributed by atoms with Crippen LogP contribution in [0, 0.1) is 0 Å². The summed E-state index contributed by atoms with van der Waals surface area (Å²) in [7, 11) is -0.402. The van der Waals surface area contributed by atoms with Crippen molar-refractivity contribution in [3.8, 4) is 0 Å². The van der Waals surface area contributed by atoms with E-state index in [9.17, 15) is 5.11 Å². The van der Waals surface area contributed by atoms with Crippen LogP contribution < -0.4 is 5.46 Å². The topological polar surface area (TPSA) is 84.7 Å². The van der Waals surface area contributed by atoms with Gasteiger partial charge in [-0.3, -0.25) is 9.97 Å². The molecule has 2 N–H and O–H groups in total. The van der Waals surface area contributed by atoms with E-state index in [1.165, 1.54) is 0 Å². The lowest BCUT2D eigenvalue weighted by molar-refractivity contribution is 0.00578. The Balaban J connectivity index is 0.000000180. The Bertz CT molecular complexity index is 1310. The maximum absolute atomic E-state index is 9.24. The van der Waals surface area contributed by atoms with Gasteiger partial charge in [-0.2, -0.15) is 0 Å². The van der Waals surface area contributed by atoms with Gasteiger partial charge >= 0.3 is 7.12 Å². The zero-order valence-corrected chi connectivity index (χ0v) is 20.5. The fourth-order valence-corrected chi connectivity index (χ4v) is 3.96. The highest BCUT2D eigenvalue weighted by Gasteiger charge is 2.52. The molecule has 1 fully saturated rings. The molecule has 0 saturated carbocycles. The van der Waals surface area contributed by atoms with E-state index in [0.717, 1.165) is 38.4 Å². The molecule has 0 radical (unpaired) electrons. The molecular weight excluding hydrogens is 451 g/mol. The Hall–Kier alpha value is -2.55. The number of hydrogen-bond acceptors (Lipinski definition) is 6. The number of fused-ring (bicyclic) bond motifs is 2. The quantitative estimate of drug-likeness (QED) is 0.424. The van der Waals surface area contributed by atoms with Crippen LogP contribution >= 0.6 is 11.6 Å². The zero-order chi connectivity index (χ0) is 24.5. The van der Waals surface area contributed by atoms with Gasteiger partial charge in [-0.25, -0.2) is 0 Å². The van der Waals surface area contributed by atoms with Gasteiger partial charge < -0.3 is 19.5 Å². The number of benzene rings is 2. The Morgan fingerprint density at radius 3 is 1.82 bits per heavy atom. The molecule has 0 bridgehead atoms. The van der Waals surface area contributed by atoms with E-state index in [4.69, 9.17) is 26.0 Å². The van der Waals surface area contributed by atoms with Crippen LogP contribution in [0.2, 0.25) is 5.02 Å². The summed E-state index contributed by atoms with van der Waals surface area (Å²) in [4.78, 5) is 8.53. The highest BCUT2D eigenvalue weighted by Crippen LogP contribution is 2.37. The van der Waals surface area contributed by atoms with Crippen LogP contribution in [0.25, 0.3) is 21.8 Å². The van der Waals surface area contributed by atoms with Gasteiger partial charge in [0.25, 0.3) is 0 Å². The highest BCUT2D eigenvalue weighted by molar-refractivity contribution is 6.65. The smallest absolute Gasteiger partial charge is 0.399 e. The van der Waals surface area contributed by atoms with Crippen molar-refractivity contribution in [2.45, 2.75) is 52.1 Å². The molecule has 8 heteroatoms. The first-order valence-electron chi connectivity index (χ1n) is 11.1. The van der Waals surface area contributed by atoms with Crippen molar-refractivity contribution in [3.05, 3.63) is 77.1 Å². The minimum atomic E-state index is -0.402. The minimum Gasteiger partial charge on any atom is -0.399 e. The average Bonchev–Trinajstić information content (AvgIpc) is 3.05. The normalized spacial score (nSPS) is 16.5. The van der Waals surface area contributed by atoms with E-state index in [-0.39, 0.29) is 24.4 Å². The van der Waals surface area contributed by atoms with Crippen LogP contribution in [0.1, 0.15) is 38.8 Å². The van der Waals surface area contributed by atoms with Crippen LogP contribution in [-0.4, -0.2) is 38.5 Å². The predicted octanol–water partition coefficient (Wildman–Crippen LogP) is 4.41. The number of pyridine rings is 2. The summed E-state index contributed by atoms with van der Waals surface area (Å²) < 4.78 is 12.2. The van der Waals surface area contributed by atoms with E-state index < -0.39 is 7.12 Å². The van der Waals surface area contributed by atoms with Gasteiger partial charge in [0.2, 0.25) is 0 Å². The van der Waals surface area contributed by atoms with E-state index in [1.54, 1.807) is 18.5 Å². The molecule has 1 aliphatic heterocycles. The van der Waals surface area contributed by atoms with Gasteiger partial charge in [-0.1, -0.05) is 35.9 Å². The Morgan fingerprint density at radius 1 is 0.765 bits per heavy atom. The van der Waals surface area contributed by atoms with Crippen LogP contribution in [-0.2, 0) is 22.5 Å². The SMILES string of the molecule is CC1(C)OB(c2ccnc3cc(CO)ccc23)OC1(C)C.OCc1ccc2c(Cl)ccnc2c1. The van der Waals surface area contributed by atoms with Crippen molar-refractivity contribution >= 4 is 46.0 Å². The Kier molecular flexibility index (Phi) is 6.94. The maximum atomic E-state index is 9.24. The van der Waals surface area contributed by atoms with E-state index in [1.807, 2.05) is 70.2 Å². The number of hydrogen-bond donors (Lipinski definition) is 2. The van der Waals surface area contributed by atoms with E-state index >= 15 is 0 Å². The molecule has 3 heterocycles. The molecule has 5 rings (SSSR count). The molecule has 176 valence electrons. The number of aliphatic hydroxyl groups is 2. The first-order valence-corrected chi connectivity index (χ1v) is 11.5. The van der Waals surface area contributed by atoms with E-state index in [0.29, 0.717) is 5.02 Å². The summed E-state index contributed by atoms with van der Waals surface area (Å²) >= 11 is 5.95. The van der Waals surface area contributed by atoms with Crippen LogP contribution in [0.5, 0.6) is 0 Å². The summed E-state index contributed by atoms with van der Waals surface area (Å²) in [5.41, 5.74) is 3.61. The monoisotopic (exact) mass is 478 g/mol. The number of halogens is 1. The lowest BCUT2D eigenvalue weighted by Crippen LogP contribution is -2.41. The number of rotatable bonds is 3. The van der Waals surface area contributed by atoms with Gasteiger partial charge in [0.1, 0.15) is 0 Å². The molecule has 1 aliphatic rings. The second-order valence-electron chi connectivity index (χ2n) is 9.30. The van der Waals surface area contributed by atoms with Crippen molar-refractivity contribution in [1.29, 1.82) is 0 Å². The van der Waals surface area contributed by atoms with Crippen molar-refractivity contribution in [2.75, 3.05) is 0 Å². The predicted molar refractivity (Wildman–Crippen MR) is 136 cm³/mol.